The van der Waals surface area contributed by atoms with Gasteiger partial charge in [0.15, 0.2) is 5.82 Å². The molecule has 0 unspecified atom stereocenters. The number of carbonyl (C=O) groups is 1. The molecular formula is C14H17BrFN3OS. The number of piperazine rings is 1. The Kier molecular flexibility index (Phi) is 4.26. The summed E-state index contributed by atoms with van der Waals surface area (Å²) in [6, 6.07) is 3.29. The average Bonchev–Trinajstić information content (AvgIpc) is 2.40. The Morgan fingerprint density at radius 2 is 2.05 bits per heavy atom. The Morgan fingerprint density at radius 1 is 1.43 bits per heavy atom. The largest absolute Gasteiger partial charge is 0.389 e. The van der Waals surface area contributed by atoms with E-state index in [-0.39, 0.29) is 15.4 Å². The molecule has 114 valence electrons. The minimum absolute atomic E-state index is 0.0392. The van der Waals surface area contributed by atoms with Crippen molar-refractivity contribution in [1.82, 2.24) is 4.90 Å². The first-order chi connectivity index (χ1) is 9.67. The molecular weight excluding hydrogens is 357 g/mol. The van der Waals surface area contributed by atoms with Crippen LogP contribution in [0.5, 0.6) is 0 Å². The average molecular weight is 374 g/mol. The van der Waals surface area contributed by atoms with Gasteiger partial charge >= 0.3 is 0 Å². The molecule has 1 aliphatic heterocycles. The lowest BCUT2D eigenvalue weighted by atomic mass is 9.96. The lowest BCUT2D eigenvalue weighted by Crippen LogP contribution is -2.62. The molecule has 0 aromatic heterocycles. The molecule has 0 atom stereocenters. The highest BCUT2D eigenvalue weighted by Gasteiger charge is 2.41. The van der Waals surface area contributed by atoms with Crippen molar-refractivity contribution in [2.45, 2.75) is 19.4 Å². The second-order valence-electron chi connectivity index (χ2n) is 5.56. The highest BCUT2D eigenvalue weighted by atomic mass is 79.9. The minimum atomic E-state index is -0.808. The maximum atomic E-state index is 14.6. The van der Waals surface area contributed by atoms with Gasteiger partial charge in [-0.25, -0.2) is 4.39 Å². The number of rotatable bonds is 2. The van der Waals surface area contributed by atoms with Gasteiger partial charge in [0.1, 0.15) is 10.5 Å². The van der Waals surface area contributed by atoms with Gasteiger partial charge < -0.3 is 15.5 Å². The zero-order chi connectivity index (χ0) is 15.9. The van der Waals surface area contributed by atoms with Crippen LogP contribution in [-0.4, -0.2) is 41.5 Å². The normalized spacial score (nSPS) is 18.0. The fourth-order valence-corrected chi connectivity index (χ4v) is 3.42. The number of carbonyl (C=O) groups excluding carboxylic acids is 1. The molecule has 7 heteroatoms. The molecule has 1 fully saturated rings. The third-order valence-corrected chi connectivity index (χ3v) is 4.82. The molecule has 1 aromatic carbocycles. The zero-order valence-corrected chi connectivity index (χ0v) is 14.5. The van der Waals surface area contributed by atoms with Crippen molar-refractivity contribution in [3.05, 3.63) is 28.0 Å². The van der Waals surface area contributed by atoms with Gasteiger partial charge in [-0.05, 0) is 41.9 Å². The van der Waals surface area contributed by atoms with Gasteiger partial charge in [0.25, 0.3) is 0 Å². The Morgan fingerprint density at radius 3 is 2.62 bits per heavy atom. The number of likely N-dealkylation sites (N-methyl/N-ethyl adjacent to an activating group) is 1. The van der Waals surface area contributed by atoms with Gasteiger partial charge in [0, 0.05) is 25.7 Å². The summed E-state index contributed by atoms with van der Waals surface area (Å²) in [5.41, 5.74) is 5.58. The number of nitrogens with two attached hydrogens (primary N) is 1. The van der Waals surface area contributed by atoms with E-state index in [1.807, 2.05) is 0 Å². The molecule has 1 aliphatic rings. The summed E-state index contributed by atoms with van der Waals surface area (Å²) in [6.07, 6.45) is 0. The van der Waals surface area contributed by atoms with E-state index >= 15 is 0 Å². The monoisotopic (exact) mass is 373 g/mol. The predicted octanol–water partition coefficient (Wildman–Crippen LogP) is 2.28. The molecule has 0 radical (unpaired) electrons. The Bertz CT molecular complexity index is 620. The predicted molar refractivity (Wildman–Crippen MR) is 89.0 cm³/mol. The number of benzene rings is 1. The van der Waals surface area contributed by atoms with Gasteiger partial charge in [0.05, 0.1) is 10.2 Å². The second kappa shape index (κ2) is 5.53. The number of hydrogen-bond acceptors (Lipinski definition) is 3. The van der Waals surface area contributed by atoms with Gasteiger partial charge in [0.2, 0.25) is 5.91 Å². The van der Waals surface area contributed by atoms with Crippen molar-refractivity contribution in [1.29, 1.82) is 0 Å². The molecule has 4 nitrogen and oxygen atoms in total. The molecule has 2 rings (SSSR count). The number of amides is 1. The highest BCUT2D eigenvalue weighted by molar-refractivity contribution is 9.10. The Hall–Kier alpha value is -1.21. The van der Waals surface area contributed by atoms with Crippen LogP contribution < -0.4 is 10.6 Å². The lowest BCUT2D eigenvalue weighted by molar-refractivity contribution is -0.136. The van der Waals surface area contributed by atoms with E-state index in [2.05, 4.69) is 15.9 Å². The molecule has 0 spiro atoms. The first-order valence-corrected chi connectivity index (χ1v) is 7.69. The van der Waals surface area contributed by atoms with Crippen LogP contribution in [0.3, 0.4) is 0 Å². The molecule has 0 bridgehead atoms. The van der Waals surface area contributed by atoms with Crippen LogP contribution in [0.4, 0.5) is 10.1 Å². The quantitative estimate of drug-likeness (QED) is 0.807. The number of hydrogen-bond donors (Lipinski definition) is 1. The van der Waals surface area contributed by atoms with Crippen LogP contribution in [0, 0.1) is 5.82 Å². The van der Waals surface area contributed by atoms with E-state index in [0.717, 1.165) is 0 Å². The van der Waals surface area contributed by atoms with Crippen molar-refractivity contribution >= 4 is 44.7 Å². The smallest absolute Gasteiger partial charge is 0.247 e. The lowest BCUT2D eigenvalue weighted by Gasteiger charge is -2.46. The summed E-state index contributed by atoms with van der Waals surface area (Å²) >= 11 is 8.09. The molecule has 21 heavy (non-hydrogen) atoms. The Labute approximate surface area is 137 Å². The summed E-state index contributed by atoms with van der Waals surface area (Å²) in [7, 11) is 1.75. The maximum Gasteiger partial charge on any atom is 0.247 e. The molecule has 1 heterocycles. The number of nitrogens with zero attached hydrogens (tertiary/aromatic N) is 2. The summed E-state index contributed by atoms with van der Waals surface area (Å²) in [5, 5.41) is 0. The van der Waals surface area contributed by atoms with Crippen molar-refractivity contribution in [3.63, 3.8) is 0 Å². The molecule has 2 N–H and O–H groups in total. The van der Waals surface area contributed by atoms with Crippen molar-refractivity contribution in [2.24, 2.45) is 5.73 Å². The molecule has 0 saturated carbocycles. The van der Waals surface area contributed by atoms with Crippen LogP contribution in [-0.2, 0) is 4.79 Å². The van der Waals surface area contributed by atoms with E-state index < -0.39 is 11.4 Å². The van der Waals surface area contributed by atoms with Crippen LogP contribution in [0.1, 0.15) is 19.4 Å². The molecule has 0 aliphatic carbocycles. The van der Waals surface area contributed by atoms with Crippen molar-refractivity contribution in [3.8, 4) is 0 Å². The van der Waals surface area contributed by atoms with E-state index in [9.17, 15) is 9.18 Å². The molecule has 1 aromatic rings. The van der Waals surface area contributed by atoms with Gasteiger partial charge in [-0.2, -0.15) is 0 Å². The highest BCUT2D eigenvalue weighted by Crippen LogP contribution is 2.35. The Balaban J connectivity index is 2.50. The van der Waals surface area contributed by atoms with E-state index in [4.69, 9.17) is 18.0 Å². The number of halogens is 2. The zero-order valence-electron chi connectivity index (χ0n) is 12.1. The topological polar surface area (TPSA) is 49.6 Å². The summed E-state index contributed by atoms with van der Waals surface area (Å²) in [5.74, 6) is -0.492. The summed E-state index contributed by atoms with van der Waals surface area (Å²) < 4.78 is 14.9. The SMILES string of the molecule is CN1CCN(c2ccc(C(N)=S)c(Br)c2F)C(C)(C)C1=O. The van der Waals surface area contributed by atoms with E-state index in [1.165, 1.54) is 0 Å². The van der Waals surface area contributed by atoms with Crippen LogP contribution >= 0.6 is 28.1 Å². The van der Waals surface area contributed by atoms with Crippen LogP contribution in [0.25, 0.3) is 0 Å². The molecule has 1 amide bonds. The van der Waals surface area contributed by atoms with Crippen molar-refractivity contribution < 1.29 is 9.18 Å². The summed E-state index contributed by atoms with van der Waals surface area (Å²) in [4.78, 5) is 15.9. The number of anilines is 1. The van der Waals surface area contributed by atoms with E-state index in [1.54, 1.807) is 42.8 Å². The van der Waals surface area contributed by atoms with Gasteiger partial charge in [-0.1, -0.05) is 12.2 Å². The van der Waals surface area contributed by atoms with Gasteiger partial charge in [-0.3, -0.25) is 4.79 Å². The van der Waals surface area contributed by atoms with Gasteiger partial charge in [-0.15, -0.1) is 0 Å². The first-order valence-electron chi connectivity index (χ1n) is 6.49. The van der Waals surface area contributed by atoms with E-state index in [0.29, 0.717) is 24.3 Å². The molecule has 1 saturated heterocycles. The van der Waals surface area contributed by atoms with Crippen LogP contribution in [0.2, 0.25) is 0 Å². The first kappa shape index (κ1) is 16.2. The maximum absolute atomic E-state index is 14.6. The van der Waals surface area contributed by atoms with Crippen LogP contribution in [0.15, 0.2) is 16.6 Å². The fraction of sp³-hybridized carbons (Fsp3) is 0.429. The standard InChI is InChI=1S/C14H17BrFN3OS/c1-14(2)13(20)18(3)6-7-19(14)9-5-4-8(12(17)21)10(15)11(9)16/h4-5H,6-7H2,1-3H3,(H2,17,21). The third kappa shape index (κ3) is 2.64. The third-order valence-electron chi connectivity index (χ3n) is 3.82. The second-order valence-corrected chi connectivity index (χ2v) is 6.79. The minimum Gasteiger partial charge on any atom is -0.389 e. The fourth-order valence-electron chi connectivity index (χ4n) is 2.57. The van der Waals surface area contributed by atoms with Crippen molar-refractivity contribution in [2.75, 3.05) is 25.0 Å². The number of thiocarbonyl (C=S) groups is 1. The summed E-state index contributed by atoms with van der Waals surface area (Å²) in [6.45, 7) is 4.70.